The molecule has 1 aromatic rings. The Kier molecular flexibility index (Phi) is 3.60. The summed E-state index contributed by atoms with van der Waals surface area (Å²) in [7, 11) is 0. The second kappa shape index (κ2) is 5.67. The van der Waals surface area contributed by atoms with Crippen LogP contribution in [0.5, 0.6) is 0 Å². The molecule has 3 fully saturated rings. The molecule has 1 heterocycles. The molecular weight excluding hydrogens is 420 g/mol. The van der Waals surface area contributed by atoms with Crippen molar-refractivity contribution in [3.8, 4) is 0 Å². The molecule has 1 saturated heterocycles. The van der Waals surface area contributed by atoms with Crippen LogP contribution in [-0.2, 0) is 14.4 Å². The van der Waals surface area contributed by atoms with E-state index < -0.39 is 5.91 Å². The van der Waals surface area contributed by atoms with Crippen molar-refractivity contribution >= 4 is 50.9 Å². The van der Waals surface area contributed by atoms with E-state index in [1.807, 2.05) is 0 Å². The fourth-order valence-corrected chi connectivity index (χ4v) is 5.82. The van der Waals surface area contributed by atoms with Gasteiger partial charge in [-0.25, -0.2) is 0 Å². The summed E-state index contributed by atoms with van der Waals surface area (Å²) in [5, 5.41) is 3.08. The summed E-state index contributed by atoms with van der Waals surface area (Å²) in [6.07, 6.45) is 5.37. The maximum atomic E-state index is 12.9. The third kappa shape index (κ3) is 2.31. The Morgan fingerprint density at radius 3 is 2.35 bits per heavy atom. The zero-order valence-corrected chi connectivity index (χ0v) is 16.0. The molecule has 6 rings (SSSR count). The van der Waals surface area contributed by atoms with Crippen LogP contribution in [0.4, 0.5) is 5.69 Å². The molecule has 0 aromatic heterocycles. The van der Waals surface area contributed by atoms with Crippen LogP contribution in [0.25, 0.3) is 0 Å². The molecular formula is C19H16BrClN2O3. The number of nitrogens with one attached hydrogen (secondary N) is 1. The minimum atomic E-state index is -0.417. The molecule has 134 valence electrons. The zero-order valence-electron chi connectivity index (χ0n) is 13.7. The number of carbonyl (C=O) groups is 3. The lowest BCUT2D eigenvalue weighted by atomic mass is 9.63. The van der Waals surface area contributed by atoms with E-state index >= 15 is 0 Å². The Hall–Kier alpha value is -1.66. The van der Waals surface area contributed by atoms with Gasteiger partial charge >= 0.3 is 0 Å². The van der Waals surface area contributed by atoms with Gasteiger partial charge in [0, 0.05) is 4.47 Å². The molecule has 7 heteroatoms. The predicted octanol–water partition coefficient (Wildman–Crippen LogP) is 3.09. The van der Waals surface area contributed by atoms with E-state index in [0.29, 0.717) is 22.5 Å². The van der Waals surface area contributed by atoms with Crippen LogP contribution in [0, 0.1) is 35.5 Å². The molecule has 0 spiro atoms. The minimum absolute atomic E-state index is 0.167. The van der Waals surface area contributed by atoms with E-state index in [2.05, 4.69) is 33.4 Å². The highest BCUT2D eigenvalue weighted by Gasteiger charge is 2.67. The van der Waals surface area contributed by atoms with Gasteiger partial charge < -0.3 is 5.32 Å². The van der Waals surface area contributed by atoms with Crippen molar-refractivity contribution in [3.63, 3.8) is 0 Å². The normalized spacial score (nSPS) is 36.2. The smallest absolute Gasteiger partial charge is 0.244 e. The molecule has 5 aliphatic rings. The summed E-state index contributed by atoms with van der Waals surface area (Å²) < 4.78 is 0.802. The van der Waals surface area contributed by atoms with E-state index in [0.717, 1.165) is 15.8 Å². The number of rotatable bonds is 3. The van der Waals surface area contributed by atoms with Gasteiger partial charge in [0.15, 0.2) is 0 Å². The first-order chi connectivity index (χ1) is 12.5. The number of anilines is 1. The van der Waals surface area contributed by atoms with Crippen molar-refractivity contribution in [3.05, 3.63) is 39.8 Å². The Balaban J connectivity index is 1.33. The van der Waals surface area contributed by atoms with Gasteiger partial charge in [-0.15, -0.1) is 0 Å². The molecule has 0 radical (unpaired) electrons. The van der Waals surface area contributed by atoms with Crippen LogP contribution in [-0.4, -0.2) is 29.2 Å². The minimum Gasteiger partial charge on any atom is -0.323 e. The first-order valence-electron chi connectivity index (χ1n) is 8.74. The highest BCUT2D eigenvalue weighted by Crippen LogP contribution is 2.65. The quantitative estimate of drug-likeness (QED) is 0.586. The first-order valence-corrected chi connectivity index (χ1v) is 9.91. The number of likely N-dealkylation sites (tertiary alicyclic amines) is 1. The molecule has 4 aliphatic carbocycles. The molecule has 6 atom stereocenters. The molecule has 3 amide bonds. The van der Waals surface area contributed by atoms with Crippen molar-refractivity contribution in [2.45, 2.75) is 6.42 Å². The Morgan fingerprint density at radius 1 is 1.15 bits per heavy atom. The van der Waals surface area contributed by atoms with Gasteiger partial charge in [0.05, 0.1) is 22.5 Å². The summed E-state index contributed by atoms with van der Waals surface area (Å²) in [6.45, 7) is -0.258. The molecule has 1 aromatic carbocycles. The molecule has 2 saturated carbocycles. The Morgan fingerprint density at radius 2 is 1.77 bits per heavy atom. The van der Waals surface area contributed by atoms with E-state index in [1.165, 1.54) is 0 Å². The lowest BCUT2D eigenvalue weighted by molar-refractivity contribution is -0.142. The second-order valence-electron chi connectivity index (χ2n) is 7.59. The third-order valence-corrected chi connectivity index (χ3v) is 7.07. The van der Waals surface area contributed by atoms with Crippen molar-refractivity contribution in [1.29, 1.82) is 0 Å². The average molecular weight is 436 g/mol. The maximum Gasteiger partial charge on any atom is 0.244 e. The highest BCUT2D eigenvalue weighted by atomic mass is 79.9. The molecule has 2 bridgehead atoms. The lowest BCUT2D eigenvalue weighted by Crippen LogP contribution is -2.40. The van der Waals surface area contributed by atoms with Gasteiger partial charge in [-0.1, -0.05) is 39.7 Å². The first kappa shape index (κ1) is 16.5. The number of amides is 3. The van der Waals surface area contributed by atoms with E-state index in [9.17, 15) is 14.4 Å². The molecule has 1 N–H and O–H groups in total. The summed E-state index contributed by atoms with van der Waals surface area (Å²) in [6, 6.07) is 5.11. The molecule has 26 heavy (non-hydrogen) atoms. The van der Waals surface area contributed by atoms with E-state index in [4.69, 9.17) is 11.6 Å². The number of carbonyl (C=O) groups excluding carboxylic acids is 3. The highest BCUT2D eigenvalue weighted by molar-refractivity contribution is 9.10. The summed E-state index contributed by atoms with van der Waals surface area (Å²) >= 11 is 9.42. The van der Waals surface area contributed by atoms with Crippen LogP contribution >= 0.6 is 27.5 Å². The van der Waals surface area contributed by atoms with Crippen LogP contribution < -0.4 is 5.32 Å². The van der Waals surface area contributed by atoms with E-state index in [1.54, 1.807) is 18.2 Å². The summed E-state index contributed by atoms with van der Waals surface area (Å²) in [4.78, 5) is 39.3. The van der Waals surface area contributed by atoms with Gasteiger partial charge in [-0.05, 0) is 48.3 Å². The molecule has 5 nitrogen and oxygen atoms in total. The van der Waals surface area contributed by atoms with Crippen LogP contribution in [0.2, 0.25) is 5.02 Å². The van der Waals surface area contributed by atoms with Crippen molar-refractivity contribution in [2.75, 3.05) is 11.9 Å². The van der Waals surface area contributed by atoms with Gasteiger partial charge in [0.2, 0.25) is 17.7 Å². The summed E-state index contributed by atoms with van der Waals surface area (Å²) in [5.41, 5.74) is 0.458. The van der Waals surface area contributed by atoms with Crippen LogP contribution in [0.3, 0.4) is 0 Å². The van der Waals surface area contributed by atoms with Gasteiger partial charge in [0.1, 0.15) is 6.54 Å². The SMILES string of the molecule is O=C(CN1C(=O)[C@@H]2[C@@H]3C=C[C@H]([C@@H]4C[C@H]34)[C@H]2C1=O)Nc1ccc(Br)cc1Cl. The molecule has 0 unspecified atom stereocenters. The van der Waals surface area contributed by atoms with Crippen molar-refractivity contribution in [2.24, 2.45) is 35.5 Å². The molecule has 1 aliphatic heterocycles. The lowest BCUT2D eigenvalue weighted by Gasteiger charge is -2.37. The number of halogens is 2. The fourth-order valence-electron chi connectivity index (χ4n) is 5.10. The zero-order chi connectivity index (χ0) is 18.2. The largest absolute Gasteiger partial charge is 0.323 e. The van der Waals surface area contributed by atoms with Crippen molar-refractivity contribution < 1.29 is 14.4 Å². The number of hydrogen-bond acceptors (Lipinski definition) is 3. The predicted molar refractivity (Wildman–Crippen MR) is 99.2 cm³/mol. The Bertz CT molecular complexity index is 850. The number of allylic oxidation sites excluding steroid dienone is 2. The van der Waals surface area contributed by atoms with Gasteiger partial charge in [-0.3, -0.25) is 19.3 Å². The van der Waals surface area contributed by atoms with Crippen LogP contribution in [0.1, 0.15) is 6.42 Å². The van der Waals surface area contributed by atoms with Crippen LogP contribution in [0.15, 0.2) is 34.8 Å². The number of benzene rings is 1. The topological polar surface area (TPSA) is 66.5 Å². The fraction of sp³-hybridized carbons (Fsp3) is 0.421. The summed E-state index contributed by atoms with van der Waals surface area (Å²) in [5.74, 6) is 0.0942. The maximum absolute atomic E-state index is 12.9. The van der Waals surface area contributed by atoms with Crippen molar-refractivity contribution in [1.82, 2.24) is 4.90 Å². The number of nitrogens with zero attached hydrogens (tertiary/aromatic N) is 1. The van der Waals surface area contributed by atoms with Gasteiger partial charge in [-0.2, -0.15) is 0 Å². The van der Waals surface area contributed by atoms with E-state index in [-0.39, 0.29) is 42.0 Å². The monoisotopic (exact) mass is 434 g/mol. The third-order valence-electron chi connectivity index (χ3n) is 6.26. The number of hydrogen-bond donors (Lipinski definition) is 1. The Labute approximate surface area is 163 Å². The second-order valence-corrected chi connectivity index (χ2v) is 8.91. The average Bonchev–Trinajstić information content (AvgIpc) is 3.39. The van der Waals surface area contributed by atoms with Gasteiger partial charge in [0.25, 0.3) is 0 Å². The standard InChI is InChI=1S/C19H16BrClN2O3/c20-8-1-4-14(13(21)5-8)22-15(24)7-23-18(25)16-9-2-3-10(12-6-11(9)12)17(16)19(23)26/h1-5,9-12,16-17H,6-7H2,(H,22,24)/t9-,10-,11-,12+,16-,17-/m1/s1. The number of imide groups is 1.